The number of benzene rings is 2. The zero-order chi connectivity index (χ0) is 17.8. The van der Waals surface area contributed by atoms with Crippen molar-refractivity contribution < 1.29 is 13.9 Å². The molecule has 3 aromatic rings. The van der Waals surface area contributed by atoms with E-state index in [9.17, 15) is 4.79 Å². The van der Waals surface area contributed by atoms with Crippen molar-refractivity contribution in [1.29, 1.82) is 0 Å². The van der Waals surface area contributed by atoms with Crippen molar-refractivity contribution in [1.82, 2.24) is 0 Å². The molecule has 1 heterocycles. The van der Waals surface area contributed by atoms with Crippen LogP contribution in [0.25, 0.3) is 0 Å². The second kappa shape index (κ2) is 8.12. The minimum Gasteiger partial charge on any atom is -0.484 e. The molecule has 0 aliphatic heterocycles. The predicted molar refractivity (Wildman–Crippen MR) is 107 cm³/mol. The maximum absolute atomic E-state index is 12.2. The van der Waals surface area contributed by atoms with Gasteiger partial charge in [-0.1, -0.05) is 23.2 Å². The third-order valence-corrected chi connectivity index (χ3v) is 4.50. The molecule has 3 rings (SSSR count). The van der Waals surface area contributed by atoms with Gasteiger partial charge in [0.1, 0.15) is 18.1 Å². The molecular weight excluding hydrogens is 476 g/mol. The molecule has 1 N–H and O–H groups in total. The van der Waals surface area contributed by atoms with Crippen molar-refractivity contribution in [3.63, 3.8) is 0 Å². The first-order chi connectivity index (χ1) is 12.0. The minimum absolute atomic E-state index is 0.151. The highest BCUT2D eigenvalue weighted by molar-refractivity contribution is 14.1. The zero-order valence-electron chi connectivity index (χ0n) is 12.8. The highest BCUT2D eigenvalue weighted by Gasteiger charge is 2.12. The number of amides is 1. The number of halogens is 3. The van der Waals surface area contributed by atoms with Gasteiger partial charge >= 0.3 is 0 Å². The number of hydrogen-bond acceptors (Lipinski definition) is 3. The van der Waals surface area contributed by atoms with E-state index in [0.717, 1.165) is 3.57 Å². The molecule has 2 aromatic carbocycles. The van der Waals surface area contributed by atoms with Crippen LogP contribution in [0.15, 0.2) is 59.0 Å². The molecule has 0 aliphatic carbocycles. The molecule has 7 heteroatoms. The third-order valence-electron chi connectivity index (χ3n) is 3.25. The third kappa shape index (κ3) is 4.90. The van der Waals surface area contributed by atoms with Crippen LogP contribution in [0.2, 0.25) is 10.0 Å². The van der Waals surface area contributed by atoms with Gasteiger partial charge in [0.15, 0.2) is 5.76 Å². The van der Waals surface area contributed by atoms with Gasteiger partial charge in [0.05, 0.1) is 5.02 Å². The van der Waals surface area contributed by atoms with Crippen molar-refractivity contribution in [2.24, 2.45) is 0 Å². The fourth-order valence-corrected chi connectivity index (χ4v) is 2.87. The number of nitrogens with one attached hydrogen (secondary N) is 1. The number of anilines is 1. The van der Waals surface area contributed by atoms with Gasteiger partial charge in [-0.15, -0.1) is 0 Å². The van der Waals surface area contributed by atoms with Crippen LogP contribution in [0.3, 0.4) is 0 Å². The molecule has 1 amide bonds. The predicted octanol–water partition coefficient (Wildman–Crippen LogP) is 6.02. The quantitative estimate of drug-likeness (QED) is 0.447. The number of ether oxygens (including phenoxy) is 1. The van der Waals surface area contributed by atoms with Crippen molar-refractivity contribution >= 4 is 57.4 Å². The van der Waals surface area contributed by atoms with Gasteiger partial charge in [0.25, 0.3) is 5.91 Å². The topological polar surface area (TPSA) is 51.5 Å². The van der Waals surface area contributed by atoms with E-state index in [1.165, 1.54) is 0 Å². The summed E-state index contributed by atoms with van der Waals surface area (Å²) in [5.74, 6) is 0.891. The Bertz CT molecular complexity index is 894. The molecule has 0 saturated carbocycles. The van der Waals surface area contributed by atoms with Gasteiger partial charge in [-0.05, 0) is 77.2 Å². The Balaban J connectivity index is 1.61. The Hall–Kier alpha value is -1.70. The first kappa shape index (κ1) is 18.1. The minimum atomic E-state index is -0.322. The van der Waals surface area contributed by atoms with Crippen molar-refractivity contribution in [3.8, 4) is 5.75 Å². The molecule has 0 radical (unpaired) electrons. The summed E-state index contributed by atoms with van der Waals surface area (Å²) in [6, 6.07) is 15.7. The second-order valence-electron chi connectivity index (χ2n) is 5.09. The summed E-state index contributed by atoms with van der Waals surface area (Å²) in [5, 5.41) is 3.72. The first-order valence-corrected chi connectivity index (χ1v) is 9.08. The summed E-state index contributed by atoms with van der Waals surface area (Å²) in [4.78, 5) is 12.2. The number of hydrogen-bond donors (Lipinski definition) is 1. The Morgan fingerprint density at radius 1 is 1.08 bits per heavy atom. The lowest BCUT2D eigenvalue weighted by Gasteiger charge is -2.06. The highest BCUT2D eigenvalue weighted by atomic mass is 127. The Kier molecular flexibility index (Phi) is 5.88. The smallest absolute Gasteiger partial charge is 0.291 e. The summed E-state index contributed by atoms with van der Waals surface area (Å²) in [6.07, 6.45) is 0. The maximum Gasteiger partial charge on any atom is 0.291 e. The average Bonchev–Trinajstić information content (AvgIpc) is 3.05. The molecule has 128 valence electrons. The van der Waals surface area contributed by atoms with Crippen LogP contribution in [0.1, 0.15) is 16.3 Å². The summed E-state index contributed by atoms with van der Waals surface area (Å²) in [6.45, 7) is 0.151. The summed E-state index contributed by atoms with van der Waals surface area (Å²) in [5.41, 5.74) is 0.701. The van der Waals surface area contributed by atoms with Crippen LogP contribution in [0.4, 0.5) is 5.69 Å². The largest absolute Gasteiger partial charge is 0.484 e. The number of furan rings is 1. The molecule has 0 unspecified atom stereocenters. The molecule has 0 fully saturated rings. The molecule has 0 bridgehead atoms. The average molecular weight is 488 g/mol. The van der Waals surface area contributed by atoms with Crippen LogP contribution in [0.5, 0.6) is 5.75 Å². The highest BCUT2D eigenvalue weighted by Crippen LogP contribution is 2.28. The normalized spacial score (nSPS) is 10.5. The lowest BCUT2D eigenvalue weighted by atomic mass is 10.3. The van der Waals surface area contributed by atoms with Gasteiger partial charge in [0, 0.05) is 14.3 Å². The van der Waals surface area contributed by atoms with Crippen LogP contribution < -0.4 is 10.1 Å². The molecule has 0 atom stereocenters. The van der Waals surface area contributed by atoms with E-state index in [1.807, 2.05) is 24.3 Å². The molecule has 0 spiro atoms. The Labute approximate surface area is 168 Å². The van der Waals surface area contributed by atoms with E-state index in [-0.39, 0.29) is 18.3 Å². The van der Waals surface area contributed by atoms with Crippen molar-refractivity contribution in [2.75, 3.05) is 5.32 Å². The zero-order valence-corrected chi connectivity index (χ0v) is 16.4. The van der Waals surface area contributed by atoms with E-state index in [2.05, 4.69) is 27.9 Å². The Morgan fingerprint density at radius 3 is 2.56 bits per heavy atom. The van der Waals surface area contributed by atoms with E-state index in [0.29, 0.717) is 27.2 Å². The molecule has 4 nitrogen and oxygen atoms in total. The summed E-state index contributed by atoms with van der Waals surface area (Å²) >= 11 is 14.1. The molecule has 0 aliphatic rings. The molecular formula is C18H12Cl2INO3. The monoisotopic (exact) mass is 487 g/mol. The van der Waals surface area contributed by atoms with Crippen LogP contribution in [-0.2, 0) is 6.61 Å². The van der Waals surface area contributed by atoms with Crippen LogP contribution >= 0.6 is 45.8 Å². The fraction of sp³-hybridized carbons (Fsp3) is 0.0556. The van der Waals surface area contributed by atoms with E-state index < -0.39 is 0 Å². The standard InChI is InChI=1S/C18H12Cl2INO3/c19-11-1-7-16(15(20)9-11)24-10-14-6-8-17(25-14)18(23)22-13-4-2-12(21)3-5-13/h1-9H,10H2,(H,22,23). The van der Waals surface area contributed by atoms with Crippen LogP contribution in [0, 0.1) is 3.57 Å². The summed E-state index contributed by atoms with van der Waals surface area (Å²) in [7, 11) is 0. The van der Waals surface area contributed by atoms with E-state index in [1.54, 1.807) is 30.3 Å². The van der Waals surface area contributed by atoms with Gasteiger partial charge in [-0.3, -0.25) is 4.79 Å². The van der Waals surface area contributed by atoms with E-state index in [4.69, 9.17) is 32.4 Å². The lowest BCUT2D eigenvalue weighted by molar-refractivity contribution is 0.0992. The second-order valence-corrected chi connectivity index (χ2v) is 7.18. The molecule has 0 saturated heterocycles. The van der Waals surface area contributed by atoms with Gasteiger partial charge < -0.3 is 14.5 Å². The summed E-state index contributed by atoms with van der Waals surface area (Å²) < 4.78 is 12.2. The lowest BCUT2D eigenvalue weighted by Crippen LogP contribution is -2.10. The number of carbonyl (C=O) groups excluding carboxylic acids is 1. The fourth-order valence-electron chi connectivity index (χ4n) is 2.04. The SMILES string of the molecule is O=C(Nc1ccc(I)cc1)c1ccc(COc2ccc(Cl)cc2Cl)o1. The maximum atomic E-state index is 12.2. The van der Waals surface area contributed by atoms with Crippen molar-refractivity contribution in [2.45, 2.75) is 6.61 Å². The number of rotatable bonds is 5. The van der Waals surface area contributed by atoms with Crippen LogP contribution in [-0.4, -0.2) is 5.91 Å². The van der Waals surface area contributed by atoms with E-state index >= 15 is 0 Å². The Morgan fingerprint density at radius 2 is 1.84 bits per heavy atom. The first-order valence-electron chi connectivity index (χ1n) is 7.25. The number of carbonyl (C=O) groups is 1. The van der Waals surface area contributed by atoms with Crippen molar-refractivity contribution in [3.05, 3.63) is 79.7 Å². The van der Waals surface area contributed by atoms with Gasteiger partial charge in [-0.25, -0.2) is 0 Å². The van der Waals surface area contributed by atoms with Gasteiger partial charge in [0.2, 0.25) is 0 Å². The molecule has 25 heavy (non-hydrogen) atoms. The molecule has 1 aromatic heterocycles. The van der Waals surface area contributed by atoms with Gasteiger partial charge in [-0.2, -0.15) is 0 Å².